The Morgan fingerprint density at radius 3 is 3.04 bits per heavy atom. The minimum absolute atomic E-state index is 0.185. The van der Waals surface area contributed by atoms with Crippen molar-refractivity contribution >= 4 is 11.7 Å². The highest BCUT2D eigenvalue weighted by Gasteiger charge is 2.18. The van der Waals surface area contributed by atoms with Gasteiger partial charge in [-0.2, -0.15) is 4.98 Å². The highest BCUT2D eigenvalue weighted by molar-refractivity contribution is 5.89. The fourth-order valence-corrected chi connectivity index (χ4v) is 2.14. The van der Waals surface area contributed by atoms with Crippen molar-refractivity contribution < 1.29 is 23.5 Å². The summed E-state index contributed by atoms with van der Waals surface area (Å²) in [7, 11) is 1.60. The van der Waals surface area contributed by atoms with Gasteiger partial charge in [-0.05, 0) is 19.1 Å². The van der Waals surface area contributed by atoms with E-state index in [-0.39, 0.29) is 6.79 Å². The number of amides is 2. The first-order valence-electron chi connectivity index (χ1n) is 7.44. The third-order valence-corrected chi connectivity index (χ3v) is 3.36. The van der Waals surface area contributed by atoms with Crippen LogP contribution in [-0.2, 0) is 11.2 Å². The number of hydrogen-bond acceptors (Lipinski definition) is 7. The first kappa shape index (κ1) is 16.1. The van der Waals surface area contributed by atoms with E-state index in [4.69, 9.17) is 18.7 Å². The lowest BCUT2D eigenvalue weighted by Gasteiger charge is -2.11. The van der Waals surface area contributed by atoms with Gasteiger partial charge in [0, 0.05) is 25.3 Å². The molecule has 9 heteroatoms. The van der Waals surface area contributed by atoms with Gasteiger partial charge in [-0.25, -0.2) is 4.79 Å². The average Bonchev–Trinajstić information content (AvgIpc) is 3.21. The van der Waals surface area contributed by atoms with Crippen molar-refractivity contribution in [1.82, 2.24) is 15.5 Å². The van der Waals surface area contributed by atoms with Crippen molar-refractivity contribution in [1.29, 1.82) is 0 Å². The number of anilines is 1. The van der Waals surface area contributed by atoms with Gasteiger partial charge in [0.15, 0.2) is 17.3 Å². The zero-order valence-corrected chi connectivity index (χ0v) is 13.4. The summed E-state index contributed by atoms with van der Waals surface area (Å²) in [5.41, 5.74) is 0.593. The Labute approximate surface area is 138 Å². The molecule has 0 saturated carbocycles. The largest absolute Gasteiger partial charge is 0.454 e. The van der Waals surface area contributed by atoms with Gasteiger partial charge >= 0.3 is 6.03 Å². The summed E-state index contributed by atoms with van der Waals surface area (Å²) in [6.07, 6.45) is 0.552. The molecule has 128 valence electrons. The molecule has 0 saturated heterocycles. The topological polar surface area (TPSA) is 108 Å². The minimum Gasteiger partial charge on any atom is -0.454 e. The maximum absolute atomic E-state index is 12.1. The van der Waals surface area contributed by atoms with Crippen LogP contribution in [0, 0.1) is 0 Å². The number of nitrogens with one attached hydrogen (secondary N) is 2. The van der Waals surface area contributed by atoms with Crippen LogP contribution in [0.1, 0.15) is 24.7 Å². The van der Waals surface area contributed by atoms with Crippen LogP contribution in [0.4, 0.5) is 10.5 Å². The predicted molar refractivity (Wildman–Crippen MR) is 83.0 cm³/mol. The van der Waals surface area contributed by atoms with Crippen molar-refractivity contribution in [3.05, 3.63) is 29.9 Å². The Morgan fingerprint density at radius 1 is 1.38 bits per heavy atom. The summed E-state index contributed by atoms with van der Waals surface area (Å²) in [6, 6.07) is 4.34. The van der Waals surface area contributed by atoms with Crippen molar-refractivity contribution in [3.63, 3.8) is 0 Å². The van der Waals surface area contributed by atoms with E-state index in [1.165, 1.54) is 0 Å². The number of nitrogens with zero attached hydrogens (tertiary/aromatic N) is 2. The van der Waals surface area contributed by atoms with Gasteiger partial charge in [-0.15, -0.1) is 0 Å². The lowest BCUT2D eigenvalue weighted by Crippen LogP contribution is -2.31. The van der Waals surface area contributed by atoms with E-state index < -0.39 is 12.1 Å². The number of rotatable bonds is 6. The zero-order valence-electron chi connectivity index (χ0n) is 13.4. The summed E-state index contributed by atoms with van der Waals surface area (Å²) in [5, 5.41) is 9.29. The summed E-state index contributed by atoms with van der Waals surface area (Å²) in [6.45, 7) is 2.45. The monoisotopic (exact) mass is 334 g/mol. The molecule has 3 rings (SSSR count). The average molecular weight is 334 g/mol. The standard InChI is InChI=1S/C15H18N4O5/c1-9(14-18-13(19-24-14)5-6-21-2)16-15(20)17-10-3-4-11-12(7-10)23-8-22-11/h3-4,7,9H,5-6,8H2,1-2H3,(H2,16,17,20). The highest BCUT2D eigenvalue weighted by Crippen LogP contribution is 2.34. The van der Waals surface area contributed by atoms with Crippen LogP contribution in [0.3, 0.4) is 0 Å². The summed E-state index contributed by atoms with van der Waals surface area (Å²) in [5.74, 6) is 2.13. The molecule has 1 aliphatic rings. The number of carbonyl (C=O) groups is 1. The van der Waals surface area contributed by atoms with Crippen LogP contribution >= 0.6 is 0 Å². The van der Waals surface area contributed by atoms with Gasteiger partial charge in [0.25, 0.3) is 0 Å². The number of aromatic nitrogens is 2. The van der Waals surface area contributed by atoms with E-state index in [9.17, 15) is 4.79 Å². The Balaban J connectivity index is 1.55. The van der Waals surface area contributed by atoms with Gasteiger partial charge < -0.3 is 29.4 Å². The number of fused-ring (bicyclic) bond motifs is 1. The first-order chi connectivity index (χ1) is 11.7. The second-order valence-electron chi connectivity index (χ2n) is 5.18. The lowest BCUT2D eigenvalue weighted by atomic mass is 10.3. The second kappa shape index (κ2) is 7.18. The molecule has 1 aromatic carbocycles. The van der Waals surface area contributed by atoms with Crippen molar-refractivity contribution in [2.24, 2.45) is 0 Å². The van der Waals surface area contributed by atoms with Gasteiger partial charge in [-0.1, -0.05) is 5.16 Å². The van der Waals surface area contributed by atoms with Crippen LogP contribution in [0.25, 0.3) is 0 Å². The predicted octanol–water partition coefficient (Wildman–Crippen LogP) is 1.87. The molecule has 0 aliphatic carbocycles. The number of hydrogen-bond donors (Lipinski definition) is 2. The zero-order chi connectivity index (χ0) is 16.9. The smallest absolute Gasteiger partial charge is 0.319 e. The molecule has 2 aromatic rings. The summed E-state index contributed by atoms with van der Waals surface area (Å²) >= 11 is 0. The van der Waals surface area contributed by atoms with Crippen LogP contribution in [0.15, 0.2) is 22.7 Å². The molecule has 0 spiro atoms. The molecular formula is C15H18N4O5. The van der Waals surface area contributed by atoms with E-state index in [2.05, 4.69) is 20.8 Å². The number of urea groups is 1. The fourth-order valence-electron chi connectivity index (χ4n) is 2.14. The number of ether oxygens (including phenoxy) is 3. The van der Waals surface area contributed by atoms with Crippen LogP contribution in [0.2, 0.25) is 0 Å². The maximum Gasteiger partial charge on any atom is 0.319 e. The third kappa shape index (κ3) is 3.74. The van der Waals surface area contributed by atoms with Gasteiger partial charge in [0.2, 0.25) is 12.7 Å². The SMILES string of the molecule is COCCc1noc(C(C)NC(=O)Nc2ccc3c(c2)OCO3)n1. The molecule has 0 radical (unpaired) electrons. The molecule has 2 amide bonds. The van der Waals surface area contributed by atoms with Crippen LogP contribution in [-0.4, -0.2) is 36.7 Å². The molecule has 9 nitrogen and oxygen atoms in total. The van der Waals surface area contributed by atoms with Gasteiger partial charge in [0.1, 0.15) is 6.04 Å². The molecule has 1 atom stereocenters. The summed E-state index contributed by atoms with van der Waals surface area (Å²) in [4.78, 5) is 16.3. The molecule has 24 heavy (non-hydrogen) atoms. The van der Waals surface area contributed by atoms with E-state index in [1.807, 2.05) is 0 Å². The number of benzene rings is 1. The van der Waals surface area contributed by atoms with Crippen molar-refractivity contribution in [2.75, 3.05) is 25.8 Å². The molecule has 1 aliphatic heterocycles. The van der Waals surface area contributed by atoms with E-state index in [0.717, 1.165) is 0 Å². The Kier molecular flexibility index (Phi) is 4.80. The molecule has 1 aromatic heterocycles. The maximum atomic E-state index is 12.1. The lowest BCUT2D eigenvalue weighted by molar-refractivity contribution is 0.174. The highest BCUT2D eigenvalue weighted by atomic mass is 16.7. The van der Waals surface area contributed by atoms with E-state index >= 15 is 0 Å². The molecule has 0 fully saturated rings. The molecule has 2 N–H and O–H groups in total. The fraction of sp³-hybridized carbons (Fsp3) is 0.400. The van der Waals surface area contributed by atoms with Gasteiger partial charge in [0.05, 0.1) is 6.61 Å². The molecule has 0 bridgehead atoms. The van der Waals surface area contributed by atoms with Crippen LogP contribution in [0.5, 0.6) is 11.5 Å². The minimum atomic E-state index is -0.428. The van der Waals surface area contributed by atoms with E-state index in [0.29, 0.717) is 41.9 Å². The molecule has 2 heterocycles. The van der Waals surface area contributed by atoms with Crippen molar-refractivity contribution in [2.45, 2.75) is 19.4 Å². The second-order valence-corrected chi connectivity index (χ2v) is 5.18. The number of methoxy groups -OCH3 is 1. The van der Waals surface area contributed by atoms with Crippen LogP contribution < -0.4 is 20.1 Å². The molecular weight excluding hydrogens is 316 g/mol. The Morgan fingerprint density at radius 2 is 2.21 bits per heavy atom. The third-order valence-electron chi connectivity index (χ3n) is 3.36. The van der Waals surface area contributed by atoms with E-state index in [1.54, 1.807) is 32.2 Å². The molecule has 1 unspecified atom stereocenters. The van der Waals surface area contributed by atoms with Gasteiger partial charge in [-0.3, -0.25) is 0 Å². The quantitative estimate of drug-likeness (QED) is 0.830. The van der Waals surface area contributed by atoms with Crippen molar-refractivity contribution in [3.8, 4) is 11.5 Å². The Hall–Kier alpha value is -2.81. The summed E-state index contributed by atoms with van der Waals surface area (Å²) < 4.78 is 20.6. The normalized spacial score (nSPS) is 13.6. The first-order valence-corrected chi connectivity index (χ1v) is 7.44. The Bertz CT molecular complexity index is 718. The number of carbonyl (C=O) groups excluding carboxylic acids is 1.